The fraction of sp³-hybridized carbons (Fsp3) is 0.625. The first kappa shape index (κ1) is 12.6. The van der Waals surface area contributed by atoms with Crippen molar-refractivity contribution in [3.8, 4) is 0 Å². The lowest BCUT2D eigenvalue weighted by atomic mass is 9.56. The van der Waals surface area contributed by atoms with E-state index in [-0.39, 0.29) is 0 Å². The van der Waals surface area contributed by atoms with Crippen LogP contribution in [0, 0.1) is 19.3 Å². The maximum Gasteiger partial charge on any atom is 0.0130 e. The number of aryl methyl sites for hydroxylation is 2. The van der Waals surface area contributed by atoms with E-state index in [4.69, 9.17) is 0 Å². The summed E-state index contributed by atoms with van der Waals surface area (Å²) < 4.78 is 0. The van der Waals surface area contributed by atoms with Gasteiger partial charge in [0.05, 0.1) is 0 Å². The van der Waals surface area contributed by atoms with Gasteiger partial charge in [0.1, 0.15) is 0 Å². The van der Waals surface area contributed by atoms with Crippen LogP contribution in [0.25, 0.3) is 0 Å². The molecular weight excluding hydrogens is 206 g/mol. The normalized spacial score (nSPS) is 26.6. The molecule has 2 rings (SSSR count). The van der Waals surface area contributed by atoms with Gasteiger partial charge in [-0.2, -0.15) is 0 Å². The largest absolute Gasteiger partial charge is 0.314 e. The summed E-state index contributed by atoms with van der Waals surface area (Å²) in [7, 11) is 0. The average molecular weight is 231 g/mol. The van der Waals surface area contributed by atoms with Gasteiger partial charge < -0.3 is 5.32 Å². The van der Waals surface area contributed by atoms with Crippen LogP contribution in [0.1, 0.15) is 49.8 Å². The molecule has 1 aromatic rings. The van der Waals surface area contributed by atoms with Crippen LogP contribution in [-0.4, -0.2) is 12.6 Å². The molecule has 0 aromatic heterocycles. The molecule has 0 saturated heterocycles. The number of rotatable bonds is 3. The SMILES string of the molecule is CCNC1CC(c2cc(C)cc(C)c2)C1(C)C. The molecule has 1 N–H and O–H groups in total. The van der Waals surface area contributed by atoms with Crippen molar-refractivity contribution in [3.63, 3.8) is 0 Å². The number of benzene rings is 1. The van der Waals surface area contributed by atoms with Crippen LogP contribution in [0.3, 0.4) is 0 Å². The van der Waals surface area contributed by atoms with Gasteiger partial charge in [0.15, 0.2) is 0 Å². The molecule has 1 aliphatic rings. The van der Waals surface area contributed by atoms with E-state index in [0.717, 1.165) is 6.54 Å². The van der Waals surface area contributed by atoms with Gasteiger partial charge in [-0.25, -0.2) is 0 Å². The molecule has 1 fully saturated rings. The van der Waals surface area contributed by atoms with E-state index in [1.54, 1.807) is 0 Å². The third-order valence-electron chi connectivity index (χ3n) is 4.36. The Morgan fingerprint density at radius 1 is 1.18 bits per heavy atom. The highest BCUT2D eigenvalue weighted by atomic mass is 15.0. The van der Waals surface area contributed by atoms with Crippen molar-refractivity contribution in [2.75, 3.05) is 6.54 Å². The van der Waals surface area contributed by atoms with Gasteiger partial charge in [0.2, 0.25) is 0 Å². The van der Waals surface area contributed by atoms with Gasteiger partial charge in [0, 0.05) is 6.04 Å². The van der Waals surface area contributed by atoms with Crippen LogP contribution >= 0.6 is 0 Å². The lowest BCUT2D eigenvalue weighted by Crippen LogP contribution is -2.55. The third-order valence-corrected chi connectivity index (χ3v) is 4.36. The Morgan fingerprint density at radius 2 is 1.76 bits per heavy atom. The van der Waals surface area contributed by atoms with Gasteiger partial charge in [-0.1, -0.05) is 50.1 Å². The Kier molecular flexibility index (Phi) is 3.31. The van der Waals surface area contributed by atoms with Crippen LogP contribution in [0.5, 0.6) is 0 Å². The molecule has 1 aliphatic carbocycles. The maximum absolute atomic E-state index is 3.60. The number of hydrogen-bond acceptors (Lipinski definition) is 1. The van der Waals surface area contributed by atoms with Crippen molar-refractivity contribution in [2.45, 2.75) is 53.0 Å². The first-order chi connectivity index (χ1) is 7.95. The molecule has 0 radical (unpaired) electrons. The highest BCUT2D eigenvalue weighted by Crippen LogP contribution is 2.52. The first-order valence-corrected chi connectivity index (χ1v) is 6.76. The highest BCUT2D eigenvalue weighted by molar-refractivity contribution is 5.34. The van der Waals surface area contributed by atoms with Crippen molar-refractivity contribution >= 4 is 0 Å². The predicted octanol–water partition coefficient (Wildman–Crippen LogP) is 3.80. The molecule has 1 saturated carbocycles. The quantitative estimate of drug-likeness (QED) is 0.834. The summed E-state index contributed by atoms with van der Waals surface area (Å²) in [4.78, 5) is 0. The Labute approximate surface area is 106 Å². The Hall–Kier alpha value is -0.820. The maximum atomic E-state index is 3.60. The lowest BCUT2D eigenvalue weighted by Gasteiger charge is -2.53. The van der Waals surface area contributed by atoms with Crippen molar-refractivity contribution in [2.24, 2.45) is 5.41 Å². The van der Waals surface area contributed by atoms with E-state index in [0.29, 0.717) is 17.4 Å². The van der Waals surface area contributed by atoms with Gasteiger partial charge >= 0.3 is 0 Å². The Morgan fingerprint density at radius 3 is 2.24 bits per heavy atom. The molecule has 2 atom stereocenters. The second kappa shape index (κ2) is 4.45. The van der Waals surface area contributed by atoms with E-state index in [1.807, 2.05) is 0 Å². The van der Waals surface area contributed by atoms with Gasteiger partial charge in [0.25, 0.3) is 0 Å². The fourth-order valence-electron chi connectivity index (χ4n) is 3.30. The third kappa shape index (κ3) is 2.26. The zero-order valence-corrected chi connectivity index (χ0v) is 11.8. The lowest BCUT2D eigenvalue weighted by molar-refractivity contribution is 0.0706. The van der Waals surface area contributed by atoms with Crippen LogP contribution < -0.4 is 5.32 Å². The number of hydrogen-bond donors (Lipinski definition) is 1. The summed E-state index contributed by atoms with van der Waals surface area (Å²) in [6.07, 6.45) is 1.28. The smallest absolute Gasteiger partial charge is 0.0130 e. The molecule has 1 nitrogen and oxygen atoms in total. The van der Waals surface area contributed by atoms with Gasteiger partial charge in [-0.15, -0.1) is 0 Å². The predicted molar refractivity (Wildman–Crippen MR) is 74.5 cm³/mol. The van der Waals surface area contributed by atoms with E-state index in [2.05, 4.69) is 58.1 Å². The van der Waals surface area contributed by atoms with Crippen molar-refractivity contribution in [1.29, 1.82) is 0 Å². The molecule has 0 aliphatic heterocycles. The molecule has 2 unspecified atom stereocenters. The average Bonchev–Trinajstić information content (AvgIpc) is 2.22. The van der Waals surface area contributed by atoms with Crippen LogP contribution in [0.15, 0.2) is 18.2 Å². The molecule has 0 amide bonds. The highest BCUT2D eigenvalue weighted by Gasteiger charge is 2.48. The van der Waals surface area contributed by atoms with Crippen LogP contribution in [-0.2, 0) is 0 Å². The van der Waals surface area contributed by atoms with Gasteiger partial charge in [-0.3, -0.25) is 0 Å². The molecule has 0 spiro atoms. The monoisotopic (exact) mass is 231 g/mol. The second-order valence-electron chi connectivity index (χ2n) is 6.14. The topological polar surface area (TPSA) is 12.0 Å². The molecule has 1 aromatic carbocycles. The van der Waals surface area contributed by atoms with Crippen LogP contribution in [0.4, 0.5) is 0 Å². The summed E-state index contributed by atoms with van der Waals surface area (Å²) >= 11 is 0. The molecular formula is C16H25N. The number of nitrogens with one attached hydrogen (secondary N) is 1. The van der Waals surface area contributed by atoms with E-state index >= 15 is 0 Å². The fourth-order valence-corrected chi connectivity index (χ4v) is 3.30. The summed E-state index contributed by atoms with van der Waals surface area (Å²) in [5, 5.41) is 3.60. The summed E-state index contributed by atoms with van der Waals surface area (Å²) in [5.41, 5.74) is 4.70. The van der Waals surface area contributed by atoms with E-state index in [1.165, 1.54) is 23.1 Å². The molecule has 17 heavy (non-hydrogen) atoms. The Balaban J connectivity index is 2.20. The van der Waals surface area contributed by atoms with E-state index in [9.17, 15) is 0 Å². The van der Waals surface area contributed by atoms with Gasteiger partial charge in [-0.05, 0) is 43.7 Å². The standard InChI is InChI=1S/C16H25N/c1-6-17-15-10-14(16(15,4)5)13-8-11(2)7-12(3)9-13/h7-9,14-15,17H,6,10H2,1-5H3. The Bertz CT molecular complexity index is 386. The minimum atomic E-state index is 0.385. The van der Waals surface area contributed by atoms with Crippen molar-refractivity contribution < 1.29 is 0 Å². The molecule has 94 valence electrons. The second-order valence-corrected chi connectivity index (χ2v) is 6.14. The van der Waals surface area contributed by atoms with Crippen molar-refractivity contribution in [1.82, 2.24) is 5.32 Å². The summed E-state index contributed by atoms with van der Waals surface area (Å²) in [6.45, 7) is 12.5. The molecule has 0 heterocycles. The van der Waals surface area contributed by atoms with E-state index < -0.39 is 0 Å². The summed E-state index contributed by atoms with van der Waals surface area (Å²) in [6, 6.07) is 7.67. The van der Waals surface area contributed by atoms with Crippen LogP contribution in [0.2, 0.25) is 0 Å². The zero-order chi connectivity index (χ0) is 12.6. The minimum Gasteiger partial charge on any atom is -0.314 e. The molecule has 0 bridgehead atoms. The minimum absolute atomic E-state index is 0.385. The summed E-state index contributed by atoms with van der Waals surface area (Å²) in [5.74, 6) is 0.713. The van der Waals surface area contributed by atoms with Crippen molar-refractivity contribution in [3.05, 3.63) is 34.9 Å². The molecule has 1 heteroatoms. The first-order valence-electron chi connectivity index (χ1n) is 6.76. The zero-order valence-electron chi connectivity index (χ0n) is 11.8.